The highest BCUT2D eigenvalue weighted by Gasteiger charge is 2.43. The molecular formula is C11H20N2O5S. The zero-order chi connectivity index (χ0) is 14.0. The molecular weight excluding hydrogens is 272 g/mol. The maximum atomic E-state index is 12.3. The zero-order valence-corrected chi connectivity index (χ0v) is 11.7. The van der Waals surface area contributed by atoms with Crippen molar-refractivity contribution in [1.82, 2.24) is 9.03 Å². The van der Waals surface area contributed by atoms with Crippen LogP contribution in [0.15, 0.2) is 0 Å². The lowest BCUT2D eigenvalue weighted by atomic mass is 10.0. The number of nitrogens with one attached hydrogen (secondary N) is 1. The second kappa shape index (κ2) is 5.74. The van der Waals surface area contributed by atoms with E-state index in [4.69, 9.17) is 9.84 Å². The first-order chi connectivity index (χ1) is 8.95. The first-order valence-corrected chi connectivity index (χ1v) is 7.99. The third-order valence-corrected chi connectivity index (χ3v) is 5.09. The van der Waals surface area contributed by atoms with Gasteiger partial charge in [0.2, 0.25) is 0 Å². The maximum Gasteiger partial charge on any atom is 0.310 e. The highest BCUT2D eigenvalue weighted by Crippen LogP contribution is 2.25. The molecule has 2 aliphatic rings. The largest absolute Gasteiger partial charge is 0.481 e. The van der Waals surface area contributed by atoms with Gasteiger partial charge in [0.1, 0.15) is 0 Å². The van der Waals surface area contributed by atoms with Crippen molar-refractivity contribution in [2.45, 2.75) is 38.3 Å². The fourth-order valence-electron chi connectivity index (χ4n) is 2.23. The minimum atomic E-state index is -3.63. The van der Waals surface area contributed by atoms with Gasteiger partial charge in [0.15, 0.2) is 0 Å². The standard InChI is InChI=1S/C11H20N2O5S/c1-2-5-13(19(16,17)12-8-3-4-8)10-7-18-6-9(10)11(14)15/h8-10,12H,2-7H2,1H3,(H,14,15). The summed E-state index contributed by atoms with van der Waals surface area (Å²) in [5.74, 6) is -1.80. The van der Waals surface area contributed by atoms with Crippen molar-refractivity contribution in [3.63, 3.8) is 0 Å². The molecule has 2 fully saturated rings. The highest BCUT2D eigenvalue weighted by molar-refractivity contribution is 7.87. The number of aliphatic carboxylic acids is 1. The molecule has 1 heterocycles. The molecule has 0 aromatic carbocycles. The Balaban J connectivity index is 2.16. The van der Waals surface area contributed by atoms with Crippen LogP contribution in [0.25, 0.3) is 0 Å². The summed E-state index contributed by atoms with van der Waals surface area (Å²) in [6, 6.07) is -0.608. The van der Waals surface area contributed by atoms with E-state index in [0.717, 1.165) is 12.8 Å². The molecule has 0 aromatic rings. The summed E-state index contributed by atoms with van der Waals surface area (Å²) in [5.41, 5.74) is 0. The zero-order valence-electron chi connectivity index (χ0n) is 10.9. The summed E-state index contributed by atoms with van der Waals surface area (Å²) in [7, 11) is -3.63. The lowest BCUT2D eigenvalue weighted by molar-refractivity contribution is -0.142. The molecule has 7 nitrogen and oxygen atoms in total. The average molecular weight is 292 g/mol. The van der Waals surface area contributed by atoms with Crippen LogP contribution in [0, 0.1) is 5.92 Å². The van der Waals surface area contributed by atoms with Gasteiger partial charge in [-0.1, -0.05) is 6.92 Å². The number of rotatable bonds is 7. The van der Waals surface area contributed by atoms with Gasteiger partial charge in [0.25, 0.3) is 10.2 Å². The van der Waals surface area contributed by atoms with Crippen molar-refractivity contribution in [3.05, 3.63) is 0 Å². The number of hydrogen-bond donors (Lipinski definition) is 2. The van der Waals surface area contributed by atoms with Crippen LogP contribution >= 0.6 is 0 Å². The number of carbonyl (C=O) groups is 1. The van der Waals surface area contributed by atoms with Gasteiger partial charge in [-0.3, -0.25) is 4.79 Å². The molecule has 0 aromatic heterocycles. The summed E-state index contributed by atoms with van der Waals surface area (Å²) in [6.07, 6.45) is 2.33. The molecule has 0 radical (unpaired) electrons. The Labute approximate surface area is 113 Å². The molecule has 2 unspecified atom stereocenters. The smallest absolute Gasteiger partial charge is 0.310 e. The van der Waals surface area contributed by atoms with Crippen molar-refractivity contribution in [3.8, 4) is 0 Å². The molecule has 2 N–H and O–H groups in total. The summed E-state index contributed by atoms with van der Waals surface area (Å²) >= 11 is 0. The van der Waals surface area contributed by atoms with Gasteiger partial charge in [0, 0.05) is 12.6 Å². The maximum absolute atomic E-state index is 12.3. The average Bonchev–Trinajstić information content (AvgIpc) is 2.98. The van der Waals surface area contributed by atoms with Crippen LogP contribution in [0.1, 0.15) is 26.2 Å². The van der Waals surface area contributed by atoms with E-state index < -0.39 is 28.1 Å². The molecule has 2 atom stereocenters. The number of ether oxygens (including phenoxy) is 1. The number of nitrogens with zero attached hydrogens (tertiary/aromatic N) is 1. The molecule has 1 saturated carbocycles. The summed E-state index contributed by atoms with van der Waals surface area (Å²) in [5, 5.41) is 9.14. The third-order valence-electron chi connectivity index (χ3n) is 3.38. The molecule has 0 bridgehead atoms. The van der Waals surface area contributed by atoms with Crippen LogP contribution in [0.2, 0.25) is 0 Å². The van der Waals surface area contributed by atoms with Crippen LogP contribution in [0.4, 0.5) is 0 Å². The van der Waals surface area contributed by atoms with E-state index in [0.29, 0.717) is 13.0 Å². The van der Waals surface area contributed by atoms with Gasteiger partial charge in [-0.05, 0) is 19.3 Å². The predicted octanol–water partition coefficient (Wildman–Crippen LogP) is -0.205. The summed E-state index contributed by atoms with van der Waals surface area (Å²) < 4.78 is 33.6. The lowest BCUT2D eigenvalue weighted by Crippen LogP contribution is -2.51. The normalized spacial score (nSPS) is 27.9. The molecule has 1 aliphatic carbocycles. The SMILES string of the molecule is CCCN(C1COCC1C(=O)O)S(=O)(=O)NC1CC1. The van der Waals surface area contributed by atoms with Crippen molar-refractivity contribution in [2.24, 2.45) is 5.92 Å². The molecule has 0 amide bonds. The van der Waals surface area contributed by atoms with E-state index in [9.17, 15) is 13.2 Å². The Bertz CT molecular complexity index is 434. The first kappa shape index (κ1) is 14.7. The van der Waals surface area contributed by atoms with Crippen molar-refractivity contribution in [2.75, 3.05) is 19.8 Å². The quantitative estimate of drug-likeness (QED) is 0.677. The van der Waals surface area contributed by atoms with Crippen LogP contribution in [0.3, 0.4) is 0 Å². The molecule has 8 heteroatoms. The molecule has 1 saturated heterocycles. The van der Waals surface area contributed by atoms with E-state index in [1.165, 1.54) is 4.31 Å². The number of carboxylic acid groups (broad SMARTS) is 1. The minimum absolute atomic E-state index is 0.00922. The predicted molar refractivity (Wildman–Crippen MR) is 67.8 cm³/mol. The Morgan fingerprint density at radius 1 is 1.42 bits per heavy atom. The monoisotopic (exact) mass is 292 g/mol. The summed E-state index contributed by atoms with van der Waals surface area (Å²) in [4.78, 5) is 11.2. The summed E-state index contributed by atoms with van der Waals surface area (Å²) in [6.45, 7) is 2.38. The molecule has 2 rings (SSSR count). The van der Waals surface area contributed by atoms with Gasteiger partial charge in [-0.2, -0.15) is 17.4 Å². The Hall–Kier alpha value is -0.700. The number of hydrogen-bond acceptors (Lipinski definition) is 4. The van der Waals surface area contributed by atoms with Crippen LogP contribution in [-0.4, -0.2) is 55.6 Å². The van der Waals surface area contributed by atoms with E-state index in [2.05, 4.69) is 4.72 Å². The second-order valence-electron chi connectivity index (χ2n) is 5.06. The Morgan fingerprint density at radius 2 is 2.11 bits per heavy atom. The fraction of sp³-hybridized carbons (Fsp3) is 0.909. The Morgan fingerprint density at radius 3 is 2.63 bits per heavy atom. The van der Waals surface area contributed by atoms with Crippen LogP contribution in [0.5, 0.6) is 0 Å². The van der Waals surface area contributed by atoms with E-state index in [1.54, 1.807) is 0 Å². The van der Waals surface area contributed by atoms with Gasteiger partial charge >= 0.3 is 5.97 Å². The molecule has 110 valence electrons. The fourth-order valence-corrected chi connectivity index (χ4v) is 4.01. The minimum Gasteiger partial charge on any atom is -0.481 e. The van der Waals surface area contributed by atoms with Gasteiger partial charge in [-0.25, -0.2) is 0 Å². The van der Waals surface area contributed by atoms with Gasteiger partial charge in [0.05, 0.1) is 25.2 Å². The third kappa shape index (κ3) is 3.44. The second-order valence-corrected chi connectivity index (χ2v) is 6.71. The van der Waals surface area contributed by atoms with Crippen LogP contribution < -0.4 is 4.72 Å². The van der Waals surface area contributed by atoms with E-state index in [-0.39, 0.29) is 19.3 Å². The van der Waals surface area contributed by atoms with Gasteiger partial charge in [-0.15, -0.1) is 0 Å². The lowest BCUT2D eigenvalue weighted by Gasteiger charge is -2.29. The van der Waals surface area contributed by atoms with E-state index >= 15 is 0 Å². The van der Waals surface area contributed by atoms with E-state index in [1.807, 2.05) is 6.92 Å². The van der Waals surface area contributed by atoms with Crippen molar-refractivity contribution >= 4 is 16.2 Å². The topological polar surface area (TPSA) is 95.9 Å². The molecule has 19 heavy (non-hydrogen) atoms. The highest BCUT2D eigenvalue weighted by atomic mass is 32.2. The Kier molecular flexibility index (Phi) is 4.44. The van der Waals surface area contributed by atoms with Crippen LogP contribution in [-0.2, 0) is 19.7 Å². The van der Waals surface area contributed by atoms with Gasteiger partial charge < -0.3 is 9.84 Å². The van der Waals surface area contributed by atoms with Crippen molar-refractivity contribution < 1.29 is 23.1 Å². The number of carboxylic acids is 1. The van der Waals surface area contributed by atoms with Crippen molar-refractivity contribution in [1.29, 1.82) is 0 Å². The first-order valence-electron chi connectivity index (χ1n) is 6.55. The molecule has 1 aliphatic heterocycles. The molecule has 0 spiro atoms.